The average Bonchev–Trinajstić information content (AvgIpc) is 2.53. The van der Waals surface area contributed by atoms with Gasteiger partial charge in [-0.05, 0) is 25.1 Å². The van der Waals surface area contributed by atoms with Crippen LogP contribution in [0.1, 0.15) is 28.5 Å². The number of hydrogen-bond acceptors (Lipinski definition) is 3. The van der Waals surface area contributed by atoms with Crippen LogP contribution in [0.25, 0.3) is 0 Å². The van der Waals surface area contributed by atoms with E-state index in [-0.39, 0.29) is 16.6 Å². The largest absolute Gasteiger partial charge is 0.416 e. The van der Waals surface area contributed by atoms with E-state index >= 15 is 0 Å². The molecule has 1 atom stereocenters. The molecule has 1 amide bonds. The van der Waals surface area contributed by atoms with Crippen LogP contribution in [0.2, 0.25) is 5.02 Å². The number of benzene rings is 1. The Morgan fingerprint density at radius 3 is 2.62 bits per heavy atom. The van der Waals surface area contributed by atoms with E-state index in [1.165, 1.54) is 24.3 Å². The highest BCUT2D eigenvalue weighted by Crippen LogP contribution is 2.32. The molecule has 0 spiro atoms. The molecule has 0 radical (unpaired) electrons. The predicted octanol–water partition coefficient (Wildman–Crippen LogP) is 3.85. The third-order valence-corrected chi connectivity index (χ3v) is 3.96. The second-order valence-corrected chi connectivity index (χ2v) is 5.77. The summed E-state index contributed by atoms with van der Waals surface area (Å²) in [4.78, 5) is 21.9. The van der Waals surface area contributed by atoms with Crippen molar-refractivity contribution in [2.75, 3.05) is 7.05 Å². The standard InChI is InChI=1S/C16H15ClF3N3O/c1-10(7-12-9-21-5-6-22-12)23(2)15(24)13-8-11(16(18,19)20)3-4-14(13)17/h3-6,8-10H,7H2,1-2H3. The van der Waals surface area contributed by atoms with E-state index < -0.39 is 17.6 Å². The number of rotatable bonds is 4. The van der Waals surface area contributed by atoms with Crippen LogP contribution in [0.3, 0.4) is 0 Å². The number of carbonyl (C=O) groups is 1. The monoisotopic (exact) mass is 357 g/mol. The maximum atomic E-state index is 12.8. The van der Waals surface area contributed by atoms with Crippen LogP contribution in [-0.4, -0.2) is 33.9 Å². The summed E-state index contributed by atoms with van der Waals surface area (Å²) in [5.41, 5.74) is -0.412. The molecule has 1 unspecified atom stereocenters. The minimum absolute atomic E-state index is 0.0217. The Labute approximate surface area is 142 Å². The molecule has 2 rings (SSSR count). The molecule has 0 saturated carbocycles. The molecule has 0 aliphatic carbocycles. The Hall–Kier alpha value is -2.15. The summed E-state index contributed by atoms with van der Waals surface area (Å²) in [6, 6.07) is 2.41. The molecule has 0 bridgehead atoms. The summed E-state index contributed by atoms with van der Waals surface area (Å²) >= 11 is 5.91. The summed E-state index contributed by atoms with van der Waals surface area (Å²) < 4.78 is 38.5. The number of amides is 1. The van der Waals surface area contributed by atoms with Gasteiger partial charge in [-0.3, -0.25) is 14.8 Å². The van der Waals surface area contributed by atoms with Crippen LogP contribution in [0.5, 0.6) is 0 Å². The van der Waals surface area contributed by atoms with E-state index in [1.54, 1.807) is 13.1 Å². The molecule has 2 aromatic rings. The molecule has 4 nitrogen and oxygen atoms in total. The van der Waals surface area contributed by atoms with Crippen molar-refractivity contribution in [2.45, 2.75) is 25.6 Å². The van der Waals surface area contributed by atoms with Crippen molar-refractivity contribution in [3.63, 3.8) is 0 Å². The maximum absolute atomic E-state index is 12.8. The summed E-state index contributed by atoms with van der Waals surface area (Å²) in [5, 5.41) is -0.0217. The Kier molecular flexibility index (Phi) is 5.43. The molecule has 8 heteroatoms. The normalized spacial score (nSPS) is 12.8. The number of aromatic nitrogens is 2. The van der Waals surface area contributed by atoms with Crippen molar-refractivity contribution in [3.05, 3.63) is 58.6 Å². The van der Waals surface area contributed by atoms with Crippen LogP contribution in [-0.2, 0) is 12.6 Å². The fourth-order valence-corrected chi connectivity index (χ4v) is 2.33. The van der Waals surface area contributed by atoms with Crippen molar-refractivity contribution in [3.8, 4) is 0 Å². The van der Waals surface area contributed by atoms with Gasteiger partial charge in [-0.2, -0.15) is 13.2 Å². The molecule has 1 aromatic heterocycles. The highest BCUT2D eigenvalue weighted by molar-refractivity contribution is 6.33. The third-order valence-electron chi connectivity index (χ3n) is 3.63. The number of nitrogens with zero attached hydrogens (tertiary/aromatic N) is 3. The van der Waals surface area contributed by atoms with Gasteiger partial charge in [0, 0.05) is 38.1 Å². The Morgan fingerprint density at radius 1 is 1.33 bits per heavy atom. The van der Waals surface area contributed by atoms with Crippen molar-refractivity contribution >= 4 is 17.5 Å². The number of alkyl halides is 3. The van der Waals surface area contributed by atoms with Gasteiger partial charge in [-0.1, -0.05) is 11.6 Å². The SMILES string of the molecule is CC(Cc1cnccn1)N(C)C(=O)c1cc(C(F)(F)F)ccc1Cl. The lowest BCUT2D eigenvalue weighted by atomic mass is 10.1. The van der Waals surface area contributed by atoms with Crippen molar-refractivity contribution < 1.29 is 18.0 Å². The van der Waals surface area contributed by atoms with Gasteiger partial charge in [0.15, 0.2) is 0 Å². The molecule has 24 heavy (non-hydrogen) atoms. The molecule has 0 aliphatic rings. The van der Waals surface area contributed by atoms with E-state index in [1.807, 2.05) is 0 Å². The van der Waals surface area contributed by atoms with Crippen molar-refractivity contribution in [2.24, 2.45) is 0 Å². The fraction of sp³-hybridized carbons (Fsp3) is 0.312. The zero-order valence-corrected chi connectivity index (χ0v) is 13.8. The minimum Gasteiger partial charge on any atom is -0.339 e. The molecule has 1 aromatic carbocycles. The number of hydrogen-bond donors (Lipinski definition) is 0. The van der Waals surface area contributed by atoms with E-state index in [0.29, 0.717) is 12.1 Å². The van der Waals surface area contributed by atoms with Gasteiger partial charge < -0.3 is 4.90 Å². The molecule has 0 saturated heterocycles. The average molecular weight is 358 g/mol. The van der Waals surface area contributed by atoms with Crippen molar-refractivity contribution in [1.29, 1.82) is 0 Å². The molecule has 1 heterocycles. The summed E-state index contributed by atoms with van der Waals surface area (Å²) in [6.45, 7) is 1.77. The second-order valence-electron chi connectivity index (χ2n) is 5.36. The van der Waals surface area contributed by atoms with Gasteiger partial charge in [0.2, 0.25) is 0 Å². The predicted molar refractivity (Wildman–Crippen MR) is 83.7 cm³/mol. The van der Waals surface area contributed by atoms with E-state index in [4.69, 9.17) is 11.6 Å². The molecule has 0 fully saturated rings. The first kappa shape index (κ1) is 18.2. The van der Waals surface area contributed by atoms with Crippen LogP contribution in [0.4, 0.5) is 13.2 Å². The van der Waals surface area contributed by atoms with E-state index in [0.717, 1.165) is 18.2 Å². The van der Waals surface area contributed by atoms with Crippen LogP contribution in [0, 0.1) is 0 Å². The first-order valence-electron chi connectivity index (χ1n) is 7.09. The Balaban J connectivity index is 2.21. The summed E-state index contributed by atoms with van der Waals surface area (Å²) in [7, 11) is 1.51. The maximum Gasteiger partial charge on any atom is 0.416 e. The van der Waals surface area contributed by atoms with Gasteiger partial charge in [-0.25, -0.2) is 0 Å². The van der Waals surface area contributed by atoms with Crippen LogP contribution in [0.15, 0.2) is 36.8 Å². The molecule has 0 aliphatic heterocycles. The lowest BCUT2D eigenvalue weighted by molar-refractivity contribution is -0.137. The summed E-state index contributed by atoms with van der Waals surface area (Å²) in [6.07, 6.45) is 0.529. The van der Waals surface area contributed by atoms with E-state index in [2.05, 4.69) is 9.97 Å². The Bertz CT molecular complexity index is 722. The van der Waals surface area contributed by atoms with Gasteiger partial charge in [-0.15, -0.1) is 0 Å². The van der Waals surface area contributed by atoms with Crippen LogP contribution >= 0.6 is 11.6 Å². The lowest BCUT2D eigenvalue weighted by Gasteiger charge is -2.25. The number of likely N-dealkylation sites (N-methyl/N-ethyl adjacent to an activating group) is 1. The highest BCUT2D eigenvalue weighted by atomic mass is 35.5. The topological polar surface area (TPSA) is 46.1 Å². The number of carbonyl (C=O) groups excluding carboxylic acids is 1. The molecular formula is C16H15ClF3N3O. The zero-order valence-electron chi connectivity index (χ0n) is 13.0. The Morgan fingerprint density at radius 2 is 2.04 bits per heavy atom. The van der Waals surface area contributed by atoms with Crippen molar-refractivity contribution in [1.82, 2.24) is 14.9 Å². The quantitative estimate of drug-likeness (QED) is 0.835. The van der Waals surface area contributed by atoms with Crippen LogP contribution < -0.4 is 0 Å². The number of halogens is 4. The fourth-order valence-electron chi connectivity index (χ4n) is 2.13. The minimum atomic E-state index is -4.54. The first-order valence-corrected chi connectivity index (χ1v) is 7.46. The molecule has 0 N–H and O–H groups in total. The van der Waals surface area contributed by atoms with Gasteiger partial charge in [0.05, 0.1) is 21.8 Å². The third kappa shape index (κ3) is 4.23. The van der Waals surface area contributed by atoms with Gasteiger partial charge >= 0.3 is 6.18 Å². The smallest absolute Gasteiger partial charge is 0.339 e. The molecule has 128 valence electrons. The lowest BCUT2D eigenvalue weighted by Crippen LogP contribution is -2.37. The van der Waals surface area contributed by atoms with Gasteiger partial charge in [0.25, 0.3) is 5.91 Å². The van der Waals surface area contributed by atoms with E-state index in [9.17, 15) is 18.0 Å². The zero-order chi connectivity index (χ0) is 17.9. The highest BCUT2D eigenvalue weighted by Gasteiger charge is 2.32. The van der Waals surface area contributed by atoms with Gasteiger partial charge in [0.1, 0.15) is 0 Å². The molecular weight excluding hydrogens is 343 g/mol. The summed E-state index contributed by atoms with van der Waals surface area (Å²) in [5.74, 6) is -0.581. The first-order chi connectivity index (χ1) is 11.2. The second kappa shape index (κ2) is 7.17.